The number of carbonyl (C=O) groups excluding carboxylic acids is 2. The molecule has 0 aliphatic heterocycles. The zero-order valence-corrected chi connectivity index (χ0v) is 33.5. The lowest BCUT2D eigenvalue weighted by Crippen LogP contribution is -2.29. The molecule has 50 heavy (non-hydrogen) atoms. The van der Waals surface area contributed by atoms with E-state index in [1.54, 1.807) is 0 Å². The first-order chi connectivity index (χ1) is 24.3. The molecule has 0 rings (SSSR count). The molecule has 0 radical (unpaired) electrons. The summed E-state index contributed by atoms with van der Waals surface area (Å²) in [6, 6.07) is 0. The minimum atomic E-state index is -4.75. The normalized spacial score (nSPS) is 12.5. The lowest BCUT2D eigenvalue weighted by molar-refractivity contribution is -0.161. The van der Waals surface area contributed by atoms with Gasteiger partial charge in [-0.15, -0.1) is 0 Å². The minimum Gasteiger partial charge on any atom is -0.462 e. The van der Waals surface area contributed by atoms with E-state index in [1.165, 1.54) is 135 Å². The monoisotopic (exact) mass is 731 g/mol. The lowest BCUT2D eigenvalue weighted by atomic mass is 10.0. The van der Waals surface area contributed by atoms with E-state index in [2.05, 4.69) is 30.5 Å². The van der Waals surface area contributed by atoms with Crippen molar-refractivity contribution >= 4 is 19.8 Å². The lowest BCUT2D eigenvalue weighted by Gasteiger charge is -2.18. The topological polar surface area (TPSA) is 119 Å². The van der Waals surface area contributed by atoms with Gasteiger partial charge in [0.05, 0.1) is 6.61 Å². The van der Waals surface area contributed by atoms with Gasteiger partial charge in [0.2, 0.25) is 0 Å². The van der Waals surface area contributed by atoms with Crippen molar-refractivity contribution in [3.05, 3.63) is 12.2 Å². The van der Waals surface area contributed by atoms with Crippen LogP contribution in [0.3, 0.4) is 0 Å². The average Bonchev–Trinajstić information content (AvgIpc) is 3.08. The highest BCUT2D eigenvalue weighted by Crippen LogP contribution is 2.36. The third kappa shape index (κ3) is 39.6. The van der Waals surface area contributed by atoms with Gasteiger partial charge >= 0.3 is 19.8 Å². The third-order valence-electron chi connectivity index (χ3n) is 9.28. The molecule has 0 aromatic heterocycles. The highest BCUT2D eigenvalue weighted by molar-refractivity contribution is 7.46. The third-order valence-corrected chi connectivity index (χ3v) is 9.77. The molecule has 9 heteroatoms. The summed E-state index contributed by atoms with van der Waals surface area (Å²) in [5, 5.41) is 0. The van der Waals surface area contributed by atoms with Crippen molar-refractivity contribution in [3.63, 3.8) is 0 Å². The number of allylic oxidation sites excluding steroid dienone is 2. The van der Waals surface area contributed by atoms with Gasteiger partial charge in [-0.1, -0.05) is 180 Å². The molecule has 296 valence electrons. The van der Waals surface area contributed by atoms with Gasteiger partial charge in [-0.05, 0) is 38.5 Å². The Morgan fingerprint density at radius 3 is 1.24 bits per heavy atom. The van der Waals surface area contributed by atoms with Crippen molar-refractivity contribution in [1.29, 1.82) is 0 Å². The maximum atomic E-state index is 12.4. The van der Waals surface area contributed by atoms with E-state index in [4.69, 9.17) is 19.3 Å². The molecule has 0 fully saturated rings. The van der Waals surface area contributed by atoms with E-state index in [0.717, 1.165) is 51.4 Å². The van der Waals surface area contributed by atoms with Crippen LogP contribution in [0.2, 0.25) is 0 Å². The molecule has 2 N–H and O–H groups in total. The van der Waals surface area contributed by atoms with Gasteiger partial charge in [0.25, 0.3) is 0 Å². The number of phosphoric ester groups is 1. The Labute approximate surface area is 307 Å². The molecule has 1 atom stereocenters. The summed E-state index contributed by atoms with van der Waals surface area (Å²) in [5.74, 6) is -0.884. The smallest absolute Gasteiger partial charge is 0.462 e. The second-order valence-electron chi connectivity index (χ2n) is 14.3. The molecule has 0 saturated carbocycles. The summed E-state index contributed by atoms with van der Waals surface area (Å²) < 4.78 is 26.4. The first-order valence-corrected chi connectivity index (χ1v) is 22.5. The van der Waals surface area contributed by atoms with E-state index in [9.17, 15) is 14.2 Å². The zero-order chi connectivity index (χ0) is 36.8. The van der Waals surface area contributed by atoms with Crippen LogP contribution in [0, 0.1) is 0 Å². The van der Waals surface area contributed by atoms with Crippen molar-refractivity contribution in [1.82, 2.24) is 0 Å². The molecular weight excluding hydrogens is 651 g/mol. The van der Waals surface area contributed by atoms with Crippen LogP contribution >= 0.6 is 7.82 Å². The number of esters is 2. The van der Waals surface area contributed by atoms with Gasteiger partial charge in [-0.3, -0.25) is 14.1 Å². The van der Waals surface area contributed by atoms with Crippen LogP contribution in [0.15, 0.2) is 12.2 Å². The van der Waals surface area contributed by atoms with E-state index in [1.807, 2.05) is 0 Å². The molecule has 0 spiro atoms. The highest BCUT2D eigenvalue weighted by atomic mass is 31.2. The maximum absolute atomic E-state index is 12.4. The average molecular weight is 731 g/mol. The van der Waals surface area contributed by atoms with Crippen LogP contribution in [0.1, 0.15) is 219 Å². The standard InChI is InChI=1S/C41H79O8P/c1-3-5-7-9-11-13-15-17-18-19-20-21-22-24-26-28-30-32-34-36-41(43)49-39(38-48-50(44,45)46)37-47-40(42)35-33-31-29-27-25-23-16-14-12-10-8-6-4-2/h14,16,39H,3-13,15,17-38H2,1-2H3,(H2,44,45,46)/b16-14+/t39-/m1/s1. The number of hydrogen-bond donors (Lipinski definition) is 2. The van der Waals surface area contributed by atoms with Crippen LogP contribution in [0.25, 0.3) is 0 Å². The summed E-state index contributed by atoms with van der Waals surface area (Å²) >= 11 is 0. The number of carbonyl (C=O) groups is 2. The number of unbranched alkanes of at least 4 members (excludes halogenated alkanes) is 27. The molecule has 0 aliphatic rings. The Bertz CT molecular complexity index is 827. The molecule has 0 bridgehead atoms. The second-order valence-corrected chi connectivity index (χ2v) is 15.6. The van der Waals surface area contributed by atoms with Crippen molar-refractivity contribution in [3.8, 4) is 0 Å². The SMILES string of the molecule is CCCCCC/C=C/CCCCCCCC(=O)OC[C@H](COP(=O)(O)O)OC(=O)CCCCCCCCCCCCCCCCCCCCC. The van der Waals surface area contributed by atoms with Crippen LogP contribution in [-0.2, 0) is 28.2 Å². The number of phosphoric acid groups is 1. The van der Waals surface area contributed by atoms with Crippen LogP contribution in [0.5, 0.6) is 0 Å². The van der Waals surface area contributed by atoms with Crippen LogP contribution < -0.4 is 0 Å². The number of hydrogen-bond acceptors (Lipinski definition) is 6. The zero-order valence-electron chi connectivity index (χ0n) is 32.6. The largest absolute Gasteiger partial charge is 0.469 e. The first-order valence-electron chi connectivity index (χ1n) is 21.0. The summed E-state index contributed by atoms with van der Waals surface area (Å²) in [6.07, 6.45) is 40.8. The van der Waals surface area contributed by atoms with E-state index in [0.29, 0.717) is 6.42 Å². The molecule has 0 aromatic carbocycles. The summed E-state index contributed by atoms with van der Waals surface area (Å²) in [6.45, 7) is 3.68. The second kappa shape index (κ2) is 37.5. The van der Waals surface area contributed by atoms with Crippen molar-refractivity contribution < 1.29 is 37.9 Å². The molecule has 8 nitrogen and oxygen atoms in total. The van der Waals surface area contributed by atoms with Gasteiger partial charge in [0.15, 0.2) is 6.10 Å². The first kappa shape index (κ1) is 48.8. The molecular formula is C41H79O8P. The number of rotatable bonds is 39. The quantitative estimate of drug-likeness (QED) is 0.0278. The van der Waals surface area contributed by atoms with E-state index in [-0.39, 0.29) is 19.4 Å². The van der Waals surface area contributed by atoms with Crippen molar-refractivity contribution in [2.75, 3.05) is 13.2 Å². The maximum Gasteiger partial charge on any atom is 0.469 e. The fraction of sp³-hybridized carbons (Fsp3) is 0.902. The van der Waals surface area contributed by atoms with Crippen molar-refractivity contribution in [2.24, 2.45) is 0 Å². The summed E-state index contributed by atoms with van der Waals surface area (Å²) in [4.78, 5) is 42.8. The van der Waals surface area contributed by atoms with Gasteiger partial charge < -0.3 is 19.3 Å². The van der Waals surface area contributed by atoms with E-state index < -0.39 is 32.5 Å². The number of ether oxygens (including phenoxy) is 2. The van der Waals surface area contributed by atoms with Gasteiger partial charge in [0.1, 0.15) is 6.61 Å². The Morgan fingerprint density at radius 1 is 0.500 bits per heavy atom. The van der Waals surface area contributed by atoms with Crippen molar-refractivity contribution in [2.45, 2.75) is 225 Å². The molecule has 0 amide bonds. The van der Waals surface area contributed by atoms with Crippen LogP contribution in [0.4, 0.5) is 0 Å². The summed E-state index contributed by atoms with van der Waals surface area (Å²) in [7, 11) is -4.75. The molecule has 0 aliphatic carbocycles. The molecule has 0 unspecified atom stereocenters. The molecule has 0 saturated heterocycles. The Balaban J connectivity index is 3.87. The van der Waals surface area contributed by atoms with Gasteiger partial charge in [-0.2, -0.15) is 0 Å². The molecule has 0 heterocycles. The Hall–Kier alpha value is -1.21. The van der Waals surface area contributed by atoms with Gasteiger partial charge in [0, 0.05) is 12.8 Å². The minimum absolute atomic E-state index is 0.216. The van der Waals surface area contributed by atoms with Crippen LogP contribution in [-0.4, -0.2) is 41.0 Å². The highest BCUT2D eigenvalue weighted by Gasteiger charge is 2.22. The predicted octanol–water partition coefficient (Wildman–Crippen LogP) is 12.6. The van der Waals surface area contributed by atoms with Gasteiger partial charge in [-0.25, -0.2) is 4.57 Å². The fourth-order valence-electron chi connectivity index (χ4n) is 6.13. The Morgan fingerprint density at radius 2 is 0.840 bits per heavy atom. The molecule has 0 aromatic rings. The Kier molecular flexibility index (Phi) is 36.6. The van der Waals surface area contributed by atoms with E-state index >= 15 is 0 Å². The summed E-state index contributed by atoms with van der Waals surface area (Å²) in [5.41, 5.74) is 0. The predicted molar refractivity (Wildman–Crippen MR) is 207 cm³/mol. The fourth-order valence-corrected chi connectivity index (χ4v) is 6.49.